The monoisotopic (exact) mass is 299 g/mol. The van der Waals surface area contributed by atoms with Crippen LogP contribution < -0.4 is 5.32 Å². The number of carbonyl (C=O) groups excluding carboxylic acids is 1. The lowest BCUT2D eigenvalue weighted by Gasteiger charge is -2.10. The summed E-state index contributed by atoms with van der Waals surface area (Å²) in [6.45, 7) is 3.74. The molecule has 1 aromatic carbocycles. The molecule has 1 amide bonds. The molecule has 0 spiro atoms. The number of aromatic nitrogens is 4. The van der Waals surface area contributed by atoms with Crippen molar-refractivity contribution < 1.29 is 9.18 Å². The third-order valence-electron chi connectivity index (χ3n) is 3.08. The van der Waals surface area contributed by atoms with E-state index in [1.165, 1.54) is 23.0 Å². The van der Waals surface area contributed by atoms with Crippen LogP contribution in [0.3, 0.4) is 0 Å². The summed E-state index contributed by atoms with van der Waals surface area (Å²) in [5.74, 6) is -0.609. The predicted octanol–water partition coefficient (Wildman–Crippen LogP) is 2.07. The third kappa shape index (κ3) is 2.65. The van der Waals surface area contributed by atoms with E-state index in [1.807, 2.05) is 13.8 Å². The molecule has 0 bridgehead atoms. The number of hydrogen-bond donors (Lipinski definition) is 1. The smallest absolute Gasteiger partial charge is 0.271 e. The van der Waals surface area contributed by atoms with Gasteiger partial charge in [-0.15, -0.1) is 10.2 Å². The van der Waals surface area contributed by atoms with E-state index in [0.717, 1.165) is 5.56 Å². The van der Waals surface area contributed by atoms with E-state index in [1.54, 1.807) is 18.2 Å². The van der Waals surface area contributed by atoms with Crippen molar-refractivity contribution in [3.8, 4) is 11.1 Å². The first-order valence-electron chi connectivity index (χ1n) is 6.82. The second-order valence-corrected chi connectivity index (χ2v) is 5.18. The van der Waals surface area contributed by atoms with Gasteiger partial charge in [-0.2, -0.15) is 9.61 Å². The van der Waals surface area contributed by atoms with Crippen molar-refractivity contribution in [2.75, 3.05) is 0 Å². The van der Waals surface area contributed by atoms with Crippen LogP contribution in [0.4, 0.5) is 4.39 Å². The lowest BCUT2D eigenvalue weighted by atomic mass is 10.1. The number of benzene rings is 1. The van der Waals surface area contributed by atoms with Crippen molar-refractivity contribution >= 4 is 11.6 Å². The van der Waals surface area contributed by atoms with E-state index in [0.29, 0.717) is 11.2 Å². The fourth-order valence-corrected chi connectivity index (χ4v) is 2.12. The normalized spacial score (nSPS) is 11.1. The second-order valence-electron chi connectivity index (χ2n) is 5.18. The zero-order chi connectivity index (χ0) is 15.7. The van der Waals surface area contributed by atoms with E-state index in [-0.39, 0.29) is 23.5 Å². The molecule has 0 aliphatic rings. The zero-order valence-electron chi connectivity index (χ0n) is 12.1. The average Bonchev–Trinajstić information content (AvgIpc) is 2.94. The number of halogens is 1. The van der Waals surface area contributed by atoms with Crippen LogP contribution in [0, 0.1) is 5.82 Å². The van der Waals surface area contributed by atoms with Gasteiger partial charge in [0.15, 0.2) is 5.65 Å². The molecule has 0 unspecified atom stereocenters. The Bertz CT molecular complexity index is 826. The number of amides is 1. The lowest BCUT2D eigenvalue weighted by molar-refractivity contribution is 0.0937. The Morgan fingerprint density at radius 1 is 1.27 bits per heavy atom. The summed E-state index contributed by atoms with van der Waals surface area (Å²) in [5.41, 5.74) is 2.16. The summed E-state index contributed by atoms with van der Waals surface area (Å²) in [5, 5.41) is 14.8. The van der Waals surface area contributed by atoms with E-state index < -0.39 is 0 Å². The summed E-state index contributed by atoms with van der Waals surface area (Å²) in [6, 6.07) is 7.61. The van der Waals surface area contributed by atoms with Gasteiger partial charge in [-0.25, -0.2) is 4.39 Å². The number of nitrogens with zero attached hydrogens (tertiary/aromatic N) is 4. The summed E-state index contributed by atoms with van der Waals surface area (Å²) < 4.78 is 14.5. The molecule has 22 heavy (non-hydrogen) atoms. The van der Waals surface area contributed by atoms with Crippen molar-refractivity contribution in [3.63, 3.8) is 0 Å². The molecule has 0 fully saturated rings. The van der Waals surface area contributed by atoms with Crippen LogP contribution in [0.5, 0.6) is 0 Å². The maximum absolute atomic E-state index is 13.1. The van der Waals surface area contributed by atoms with Crippen LogP contribution in [-0.4, -0.2) is 31.8 Å². The van der Waals surface area contributed by atoms with Gasteiger partial charge < -0.3 is 5.32 Å². The predicted molar refractivity (Wildman–Crippen MR) is 78.8 cm³/mol. The number of carbonyl (C=O) groups is 1. The molecule has 7 heteroatoms. The van der Waals surface area contributed by atoms with Crippen LogP contribution in [0.1, 0.15) is 24.3 Å². The Balaban J connectivity index is 2.14. The third-order valence-corrected chi connectivity index (χ3v) is 3.08. The van der Waals surface area contributed by atoms with Gasteiger partial charge in [0, 0.05) is 11.6 Å². The highest BCUT2D eigenvalue weighted by Gasteiger charge is 2.15. The number of fused-ring (bicyclic) bond motifs is 1. The quantitative estimate of drug-likeness (QED) is 0.803. The van der Waals surface area contributed by atoms with E-state index in [4.69, 9.17) is 0 Å². The molecule has 2 aromatic heterocycles. The van der Waals surface area contributed by atoms with Crippen LogP contribution in [0.25, 0.3) is 16.8 Å². The zero-order valence-corrected chi connectivity index (χ0v) is 12.1. The Hall–Kier alpha value is -2.83. The van der Waals surface area contributed by atoms with Crippen molar-refractivity contribution in [1.29, 1.82) is 0 Å². The second kappa shape index (κ2) is 5.51. The van der Waals surface area contributed by atoms with Crippen LogP contribution in [0.15, 0.2) is 36.7 Å². The molecule has 3 aromatic rings. The Morgan fingerprint density at radius 2 is 2.00 bits per heavy atom. The largest absolute Gasteiger partial charge is 0.348 e. The topological polar surface area (TPSA) is 72.2 Å². The summed E-state index contributed by atoms with van der Waals surface area (Å²) in [4.78, 5) is 12.2. The first-order chi connectivity index (χ1) is 10.5. The highest BCUT2D eigenvalue weighted by Crippen LogP contribution is 2.24. The van der Waals surface area contributed by atoms with E-state index >= 15 is 0 Å². The van der Waals surface area contributed by atoms with Crippen LogP contribution >= 0.6 is 0 Å². The van der Waals surface area contributed by atoms with Gasteiger partial charge in [0.25, 0.3) is 5.91 Å². The van der Waals surface area contributed by atoms with Crippen LogP contribution in [0.2, 0.25) is 0 Å². The minimum atomic E-state index is -0.326. The van der Waals surface area contributed by atoms with Crippen molar-refractivity contribution in [1.82, 2.24) is 25.1 Å². The van der Waals surface area contributed by atoms with E-state index in [9.17, 15) is 9.18 Å². The molecule has 0 aliphatic heterocycles. The molecular weight excluding hydrogens is 285 g/mol. The number of hydrogen-bond acceptors (Lipinski definition) is 4. The Labute approximate surface area is 126 Å². The molecule has 0 saturated heterocycles. The SMILES string of the molecule is CC(C)NC(=O)c1cc(-c2ccc(F)cc2)c2nncn2n1. The Morgan fingerprint density at radius 3 is 2.68 bits per heavy atom. The molecule has 3 rings (SSSR count). The molecule has 0 aliphatic carbocycles. The number of nitrogens with one attached hydrogen (secondary N) is 1. The standard InChI is InChI=1S/C15H14FN5O/c1-9(2)18-15(22)13-7-12(10-3-5-11(16)6-4-10)14-19-17-8-21(14)20-13/h3-9H,1-2H3,(H,18,22). The molecule has 0 saturated carbocycles. The maximum Gasteiger partial charge on any atom is 0.271 e. The lowest BCUT2D eigenvalue weighted by Crippen LogP contribution is -2.31. The van der Waals surface area contributed by atoms with Gasteiger partial charge in [0.2, 0.25) is 0 Å². The minimum Gasteiger partial charge on any atom is -0.348 e. The molecule has 6 nitrogen and oxygen atoms in total. The highest BCUT2D eigenvalue weighted by molar-refractivity contribution is 5.94. The van der Waals surface area contributed by atoms with Gasteiger partial charge in [-0.3, -0.25) is 4.79 Å². The average molecular weight is 299 g/mol. The molecule has 2 heterocycles. The van der Waals surface area contributed by atoms with Crippen molar-refractivity contribution in [3.05, 3.63) is 48.2 Å². The van der Waals surface area contributed by atoms with Gasteiger partial charge in [0.1, 0.15) is 17.8 Å². The molecule has 112 valence electrons. The summed E-state index contributed by atoms with van der Waals surface area (Å²) in [6.07, 6.45) is 1.43. The molecular formula is C15H14FN5O. The van der Waals surface area contributed by atoms with Gasteiger partial charge in [-0.1, -0.05) is 12.1 Å². The molecule has 0 atom stereocenters. The summed E-state index contributed by atoms with van der Waals surface area (Å²) in [7, 11) is 0. The minimum absolute atomic E-state index is 0.000167. The molecule has 1 N–H and O–H groups in total. The first kappa shape index (κ1) is 14.1. The van der Waals surface area contributed by atoms with Crippen molar-refractivity contribution in [2.45, 2.75) is 19.9 Å². The van der Waals surface area contributed by atoms with E-state index in [2.05, 4.69) is 20.6 Å². The Kier molecular flexibility index (Phi) is 3.54. The highest BCUT2D eigenvalue weighted by atomic mass is 19.1. The fraction of sp³-hybridized carbons (Fsp3) is 0.200. The van der Waals surface area contributed by atoms with Gasteiger partial charge in [0.05, 0.1) is 0 Å². The van der Waals surface area contributed by atoms with Crippen molar-refractivity contribution in [2.24, 2.45) is 0 Å². The maximum atomic E-state index is 13.1. The van der Waals surface area contributed by atoms with Gasteiger partial charge >= 0.3 is 0 Å². The summed E-state index contributed by atoms with van der Waals surface area (Å²) >= 11 is 0. The fourth-order valence-electron chi connectivity index (χ4n) is 2.12. The number of rotatable bonds is 3. The molecule has 0 radical (unpaired) electrons. The first-order valence-corrected chi connectivity index (χ1v) is 6.82. The van der Waals surface area contributed by atoms with Gasteiger partial charge in [-0.05, 0) is 37.6 Å². The van der Waals surface area contributed by atoms with Crippen LogP contribution in [-0.2, 0) is 0 Å².